The maximum Gasteiger partial charge on any atom is 0.322 e. The summed E-state index contributed by atoms with van der Waals surface area (Å²) >= 11 is 1.56. The number of nitrogens with one attached hydrogen (secondary N) is 1. The Labute approximate surface area is 115 Å². The molecule has 0 radical (unpaired) electrons. The van der Waals surface area contributed by atoms with Crippen LogP contribution in [-0.4, -0.2) is 16.1 Å². The number of thiophene rings is 1. The van der Waals surface area contributed by atoms with Gasteiger partial charge in [0.15, 0.2) is 0 Å². The lowest BCUT2D eigenvalue weighted by molar-refractivity contribution is -0.117. The zero-order chi connectivity index (χ0) is 13.1. The molecule has 1 N–H and O–H groups in total. The lowest BCUT2D eigenvalue weighted by Crippen LogP contribution is -2.15. The third-order valence-electron chi connectivity index (χ3n) is 3.39. The number of anilines is 1. The Balaban J connectivity index is 1.59. The smallest absolute Gasteiger partial charge is 0.322 e. The van der Waals surface area contributed by atoms with E-state index in [2.05, 4.69) is 15.5 Å². The Hall–Kier alpha value is -1.69. The molecule has 2 aromatic rings. The van der Waals surface area contributed by atoms with Crippen LogP contribution in [0.2, 0.25) is 0 Å². The summed E-state index contributed by atoms with van der Waals surface area (Å²) in [5.74, 6) is 0.920. The molecule has 0 spiro atoms. The summed E-state index contributed by atoms with van der Waals surface area (Å²) < 4.78 is 5.42. The summed E-state index contributed by atoms with van der Waals surface area (Å²) in [6, 6.07) is 2.09. The second kappa shape index (κ2) is 5.52. The number of nitrogens with zero attached hydrogens (tertiary/aromatic N) is 2. The highest BCUT2D eigenvalue weighted by molar-refractivity contribution is 7.08. The van der Waals surface area contributed by atoms with Crippen molar-refractivity contribution in [1.29, 1.82) is 0 Å². The first kappa shape index (κ1) is 12.3. The Morgan fingerprint density at radius 3 is 3.00 bits per heavy atom. The fourth-order valence-electron chi connectivity index (χ4n) is 2.42. The second-order valence-electron chi connectivity index (χ2n) is 4.83. The molecule has 0 unspecified atom stereocenters. The normalized spacial score (nSPS) is 15.8. The minimum atomic E-state index is -0.0348. The van der Waals surface area contributed by atoms with Gasteiger partial charge in [-0.3, -0.25) is 10.1 Å². The molecule has 2 heterocycles. The minimum absolute atomic E-state index is 0.0348. The van der Waals surface area contributed by atoms with E-state index in [0.29, 0.717) is 18.2 Å². The Morgan fingerprint density at radius 1 is 1.42 bits per heavy atom. The molecule has 19 heavy (non-hydrogen) atoms. The van der Waals surface area contributed by atoms with Gasteiger partial charge >= 0.3 is 6.01 Å². The molecule has 0 atom stereocenters. The largest absolute Gasteiger partial charge is 0.403 e. The van der Waals surface area contributed by atoms with E-state index in [1.54, 1.807) is 11.3 Å². The average Bonchev–Trinajstić information content (AvgIpc) is 3.09. The Kier molecular flexibility index (Phi) is 3.59. The van der Waals surface area contributed by atoms with Crippen LogP contribution in [0.5, 0.6) is 0 Å². The lowest BCUT2D eigenvalue weighted by atomic mass is 10.0. The number of hydrogen-bond acceptors (Lipinski definition) is 5. The molecule has 1 amide bonds. The van der Waals surface area contributed by atoms with Crippen molar-refractivity contribution >= 4 is 23.3 Å². The van der Waals surface area contributed by atoms with Crippen LogP contribution in [0.1, 0.15) is 32.1 Å². The van der Waals surface area contributed by atoms with E-state index in [4.69, 9.17) is 4.42 Å². The molecule has 5 nitrogen and oxygen atoms in total. The summed E-state index contributed by atoms with van der Waals surface area (Å²) in [4.78, 5) is 11.8. The van der Waals surface area contributed by atoms with Crippen LogP contribution in [0.3, 0.4) is 0 Å². The van der Waals surface area contributed by atoms with E-state index < -0.39 is 0 Å². The Morgan fingerprint density at radius 2 is 2.26 bits per heavy atom. The maximum absolute atomic E-state index is 11.8. The summed E-state index contributed by atoms with van der Waals surface area (Å²) in [5.41, 5.74) is 0.883. The second-order valence-corrected chi connectivity index (χ2v) is 5.61. The summed E-state index contributed by atoms with van der Waals surface area (Å²) in [6.07, 6.45) is 5.33. The molecular weight excluding hydrogens is 262 g/mol. The fourth-order valence-corrected chi connectivity index (χ4v) is 3.05. The first-order valence-corrected chi connectivity index (χ1v) is 7.41. The minimum Gasteiger partial charge on any atom is -0.403 e. The van der Waals surface area contributed by atoms with Gasteiger partial charge in [-0.25, -0.2) is 0 Å². The Bertz CT molecular complexity index is 544. The van der Waals surface area contributed by atoms with E-state index in [0.717, 1.165) is 18.4 Å². The van der Waals surface area contributed by atoms with Gasteiger partial charge in [0.2, 0.25) is 5.91 Å². The monoisotopic (exact) mass is 277 g/mol. The maximum atomic E-state index is 11.8. The van der Waals surface area contributed by atoms with Crippen molar-refractivity contribution in [3.8, 4) is 11.5 Å². The highest BCUT2D eigenvalue weighted by Crippen LogP contribution is 2.28. The molecule has 0 saturated heterocycles. The molecule has 1 saturated carbocycles. The van der Waals surface area contributed by atoms with Gasteiger partial charge in [-0.05, 0) is 30.2 Å². The molecule has 0 bridgehead atoms. The van der Waals surface area contributed by atoms with Crippen LogP contribution < -0.4 is 5.32 Å². The molecule has 1 fully saturated rings. The van der Waals surface area contributed by atoms with Gasteiger partial charge in [0.1, 0.15) is 0 Å². The number of carbonyl (C=O) groups excluding carboxylic acids is 1. The molecule has 100 valence electrons. The molecule has 6 heteroatoms. The van der Waals surface area contributed by atoms with Gasteiger partial charge in [0, 0.05) is 17.4 Å². The standard InChI is InChI=1S/C13H15N3O2S/c17-11(7-9-3-1-2-4-9)14-13-16-15-12(18-13)10-5-6-19-8-10/h5-6,8-9H,1-4,7H2,(H,14,16,17). The quantitative estimate of drug-likeness (QED) is 0.930. The van der Waals surface area contributed by atoms with E-state index >= 15 is 0 Å². The first-order valence-electron chi connectivity index (χ1n) is 6.47. The lowest BCUT2D eigenvalue weighted by Gasteiger charge is -2.06. The first-order chi connectivity index (χ1) is 9.31. The van der Waals surface area contributed by atoms with Gasteiger partial charge in [0.05, 0.1) is 0 Å². The highest BCUT2D eigenvalue weighted by atomic mass is 32.1. The molecule has 1 aliphatic carbocycles. The molecule has 0 aromatic carbocycles. The van der Waals surface area contributed by atoms with Crippen LogP contribution in [0.25, 0.3) is 11.5 Å². The van der Waals surface area contributed by atoms with Crippen LogP contribution in [-0.2, 0) is 4.79 Å². The van der Waals surface area contributed by atoms with E-state index in [-0.39, 0.29) is 11.9 Å². The van der Waals surface area contributed by atoms with Crippen molar-refractivity contribution in [3.05, 3.63) is 16.8 Å². The third kappa shape index (κ3) is 3.01. The van der Waals surface area contributed by atoms with Crippen molar-refractivity contribution in [2.45, 2.75) is 32.1 Å². The predicted octanol–water partition coefficient (Wildman–Crippen LogP) is 3.32. The SMILES string of the molecule is O=C(CC1CCCC1)Nc1nnc(-c2ccsc2)o1. The van der Waals surface area contributed by atoms with Crippen molar-refractivity contribution < 1.29 is 9.21 Å². The van der Waals surface area contributed by atoms with Gasteiger partial charge in [-0.2, -0.15) is 11.3 Å². The zero-order valence-corrected chi connectivity index (χ0v) is 11.3. The molecule has 1 aliphatic rings. The molecule has 0 aliphatic heterocycles. The summed E-state index contributed by atoms with van der Waals surface area (Å²) in [7, 11) is 0. The number of hydrogen-bond donors (Lipinski definition) is 1. The summed E-state index contributed by atoms with van der Waals surface area (Å²) in [5, 5.41) is 14.3. The number of carbonyl (C=O) groups is 1. The van der Waals surface area contributed by atoms with E-state index in [9.17, 15) is 4.79 Å². The van der Waals surface area contributed by atoms with Crippen LogP contribution in [0, 0.1) is 5.92 Å². The number of rotatable bonds is 4. The number of aromatic nitrogens is 2. The van der Waals surface area contributed by atoms with Gasteiger partial charge in [-0.1, -0.05) is 17.9 Å². The highest BCUT2D eigenvalue weighted by Gasteiger charge is 2.19. The van der Waals surface area contributed by atoms with Crippen LogP contribution in [0.15, 0.2) is 21.2 Å². The average molecular weight is 277 g/mol. The molecular formula is C13H15N3O2S. The third-order valence-corrected chi connectivity index (χ3v) is 4.07. The zero-order valence-electron chi connectivity index (χ0n) is 10.5. The topological polar surface area (TPSA) is 68.0 Å². The van der Waals surface area contributed by atoms with Crippen LogP contribution in [0.4, 0.5) is 6.01 Å². The summed E-state index contributed by atoms with van der Waals surface area (Å²) in [6.45, 7) is 0. The van der Waals surface area contributed by atoms with Crippen LogP contribution >= 0.6 is 11.3 Å². The van der Waals surface area contributed by atoms with Gasteiger partial charge < -0.3 is 4.42 Å². The van der Waals surface area contributed by atoms with Crippen molar-refractivity contribution in [3.63, 3.8) is 0 Å². The van der Waals surface area contributed by atoms with Crippen molar-refractivity contribution in [2.24, 2.45) is 5.92 Å². The number of amides is 1. The molecule has 2 aromatic heterocycles. The fraction of sp³-hybridized carbons (Fsp3) is 0.462. The van der Waals surface area contributed by atoms with Gasteiger partial charge in [0.25, 0.3) is 5.89 Å². The van der Waals surface area contributed by atoms with E-state index in [1.807, 2.05) is 16.8 Å². The van der Waals surface area contributed by atoms with E-state index in [1.165, 1.54) is 12.8 Å². The van der Waals surface area contributed by atoms with Crippen molar-refractivity contribution in [1.82, 2.24) is 10.2 Å². The predicted molar refractivity (Wildman–Crippen MR) is 72.8 cm³/mol. The molecule has 3 rings (SSSR count). The van der Waals surface area contributed by atoms with Crippen molar-refractivity contribution in [2.75, 3.05) is 5.32 Å². The van der Waals surface area contributed by atoms with Gasteiger partial charge in [-0.15, -0.1) is 5.10 Å².